The number of ether oxygens (including phenoxy) is 3. The van der Waals surface area contributed by atoms with E-state index < -0.39 is 35.0 Å². The van der Waals surface area contributed by atoms with Crippen LogP contribution in [0, 0.1) is 10.1 Å². The Labute approximate surface area is 236 Å². The fraction of sp³-hybridized carbons (Fsp3) is 0.345. The number of rotatable bonds is 12. The average molecular weight is 570 g/mol. The molecule has 1 saturated heterocycles. The number of hydrogen-bond donors (Lipinski definition) is 1. The van der Waals surface area contributed by atoms with Crippen LogP contribution in [0.1, 0.15) is 35.3 Å². The lowest BCUT2D eigenvalue weighted by Gasteiger charge is -2.28. The summed E-state index contributed by atoms with van der Waals surface area (Å²) >= 11 is 3.44. The van der Waals surface area contributed by atoms with Gasteiger partial charge in [-0.3, -0.25) is 10.1 Å². The fourth-order valence-electron chi connectivity index (χ4n) is 4.13. The minimum Gasteiger partial charge on any atom is -0.459 e. The molecule has 0 aromatic heterocycles. The molecule has 8 nitrogen and oxygen atoms in total. The monoisotopic (exact) mass is 569 g/mol. The van der Waals surface area contributed by atoms with Crippen molar-refractivity contribution in [3.05, 3.63) is 112 Å². The van der Waals surface area contributed by atoms with E-state index in [0.717, 1.165) is 11.5 Å². The van der Waals surface area contributed by atoms with Gasteiger partial charge < -0.3 is 19.3 Å². The maximum atomic E-state index is 12.5. The van der Waals surface area contributed by atoms with Crippen LogP contribution in [0.4, 0.5) is 5.69 Å². The van der Waals surface area contributed by atoms with Crippen molar-refractivity contribution >= 4 is 35.2 Å². The van der Waals surface area contributed by atoms with E-state index in [1.54, 1.807) is 37.4 Å². The quantitative estimate of drug-likeness (QED) is 0.125. The topological polar surface area (TPSA) is 108 Å². The van der Waals surface area contributed by atoms with Gasteiger partial charge in [-0.25, -0.2) is 4.79 Å². The first-order valence-corrected chi connectivity index (χ1v) is 14.6. The number of benzene rings is 3. The summed E-state index contributed by atoms with van der Waals surface area (Å²) < 4.78 is 17.7. The zero-order valence-electron chi connectivity index (χ0n) is 21.7. The van der Waals surface area contributed by atoms with Gasteiger partial charge in [0.1, 0.15) is 24.9 Å². The number of esters is 1. The molecule has 10 heteroatoms. The molecule has 1 heterocycles. The molecular formula is C29H31NO7S2. The Kier molecular flexibility index (Phi) is 10.0. The van der Waals surface area contributed by atoms with E-state index in [9.17, 15) is 20.0 Å². The molecule has 3 aromatic rings. The van der Waals surface area contributed by atoms with Crippen LogP contribution in [0.3, 0.4) is 0 Å². The Morgan fingerprint density at radius 3 is 1.95 bits per heavy atom. The van der Waals surface area contributed by atoms with Gasteiger partial charge in [0.2, 0.25) is 0 Å². The zero-order valence-corrected chi connectivity index (χ0v) is 23.3. The molecule has 3 unspecified atom stereocenters. The summed E-state index contributed by atoms with van der Waals surface area (Å²) in [4.78, 5) is 22.8. The molecule has 1 N–H and O–H groups in total. The van der Waals surface area contributed by atoms with Crippen LogP contribution in [-0.2, 0) is 25.7 Å². The van der Waals surface area contributed by atoms with Crippen molar-refractivity contribution < 1.29 is 29.0 Å². The van der Waals surface area contributed by atoms with Crippen LogP contribution in [0.5, 0.6) is 0 Å². The standard InChI is InChI=1S/C29H31NO7S2/c1-29(2)36-25(24(31)17-35-27(32)22-13-15-23(16-14-22)30(33)34)26(37-29)28(38-18-20-9-5-3-6-10-20)39-19-21-11-7-4-8-12-21/h3-16,24-26,28,31H,17-19H2,1-2H3. The van der Waals surface area contributed by atoms with E-state index in [1.807, 2.05) is 36.4 Å². The molecule has 1 aliphatic rings. The minimum absolute atomic E-state index is 0.0859. The van der Waals surface area contributed by atoms with Crippen LogP contribution < -0.4 is 0 Å². The number of non-ortho nitro benzene ring substituents is 1. The molecule has 0 bridgehead atoms. The second-order valence-electron chi connectivity index (χ2n) is 9.50. The number of carbonyl (C=O) groups is 1. The van der Waals surface area contributed by atoms with Gasteiger partial charge in [0, 0.05) is 23.6 Å². The van der Waals surface area contributed by atoms with Gasteiger partial charge in [-0.05, 0) is 37.1 Å². The van der Waals surface area contributed by atoms with Gasteiger partial charge in [-0.15, -0.1) is 23.5 Å². The number of aliphatic hydroxyl groups is 1. The number of nitrogens with zero attached hydrogens (tertiary/aromatic N) is 1. The van der Waals surface area contributed by atoms with Gasteiger partial charge in [0.15, 0.2) is 5.79 Å². The molecule has 0 amide bonds. The zero-order chi connectivity index (χ0) is 27.8. The van der Waals surface area contributed by atoms with Crippen molar-refractivity contribution in [2.45, 2.75) is 54.0 Å². The lowest BCUT2D eigenvalue weighted by Crippen LogP contribution is -2.42. The van der Waals surface area contributed by atoms with Crippen LogP contribution in [0.15, 0.2) is 84.9 Å². The molecule has 1 aliphatic heterocycles. The van der Waals surface area contributed by atoms with E-state index in [2.05, 4.69) is 24.3 Å². The highest BCUT2D eigenvalue weighted by Gasteiger charge is 2.48. The molecule has 0 aliphatic carbocycles. The Morgan fingerprint density at radius 1 is 0.923 bits per heavy atom. The van der Waals surface area contributed by atoms with Crippen molar-refractivity contribution in [2.75, 3.05) is 6.61 Å². The summed E-state index contributed by atoms with van der Waals surface area (Å²) in [5.74, 6) is -0.110. The van der Waals surface area contributed by atoms with Crippen LogP contribution in [-0.4, -0.2) is 51.3 Å². The summed E-state index contributed by atoms with van der Waals surface area (Å²) in [5.41, 5.74) is 2.39. The second-order valence-corrected chi connectivity index (χ2v) is 12.1. The molecular weight excluding hydrogens is 538 g/mol. The number of nitro groups is 1. The number of hydrogen-bond acceptors (Lipinski definition) is 9. The molecule has 206 valence electrons. The fourth-order valence-corrected chi connectivity index (χ4v) is 6.82. The van der Waals surface area contributed by atoms with Gasteiger partial charge >= 0.3 is 5.97 Å². The second kappa shape index (κ2) is 13.5. The van der Waals surface area contributed by atoms with E-state index in [4.69, 9.17) is 14.2 Å². The highest BCUT2D eigenvalue weighted by molar-refractivity contribution is 8.16. The van der Waals surface area contributed by atoms with Crippen molar-refractivity contribution in [3.63, 3.8) is 0 Å². The summed E-state index contributed by atoms with van der Waals surface area (Å²) in [5, 5.41) is 22.0. The molecule has 3 atom stereocenters. The Bertz CT molecular complexity index is 1180. The first kappa shape index (κ1) is 29.1. The number of aliphatic hydroxyl groups excluding tert-OH is 1. The van der Waals surface area contributed by atoms with Crippen molar-refractivity contribution in [2.24, 2.45) is 0 Å². The lowest BCUT2D eigenvalue weighted by molar-refractivity contribution is -0.384. The van der Waals surface area contributed by atoms with Gasteiger partial charge in [-0.1, -0.05) is 60.7 Å². The van der Waals surface area contributed by atoms with E-state index in [1.165, 1.54) is 35.4 Å². The maximum Gasteiger partial charge on any atom is 0.338 e. The van der Waals surface area contributed by atoms with Crippen LogP contribution >= 0.6 is 23.5 Å². The molecule has 0 saturated carbocycles. The molecule has 39 heavy (non-hydrogen) atoms. The molecule has 1 fully saturated rings. The van der Waals surface area contributed by atoms with Crippen molar-refractivity contribution in [1.29, 1.82) is 0 Å². The van der Waals surface area contributed by atoms with Crippen LogP contribution in [0.25, 0.3) is 0 Å². The largest absolute Gasteiger partial charge is 0.459 e. The minimum atomic E-state index is -1.14. The summed E-state index contributed by atoms with van der Waals surface area (Å²) in [6, 6.07) is 25.4. The highest BCUT2D eigenvalue weighted by Crippen LogP contribution is 2.42. The third-order valence-electron chi connectivity index (χ3n) is 6.02. The highest BCUT2D eigenvalue weighted by atomic mass is 32.2. The smallest absolute Gasteiger partial charge is 0.338 e. The average Bonchev–Trinajstić information content (AvgIpc) is 3.27. The van der Waals surface area contributed by atoms with Gasteiger partial charge in [0.05, 0.1) is 15.1 Å². The van der Waals surface area contributed by atoms with Gasteiger partial charge in [0.25, 0.3) is 5.69 Å². The third kappa shape index (κ3) is 8.30. The first-order chi connectivity index (χ1) is 18.7. The molecule has 4 rings (SSSR count). The third-order valence-corrected chi connectivity index (χ3v) is 9.03. The molecule has 3 aromatic carbocycles. The van der Waals surface area contributed by atoms with Crippen molar-refractivity contribution in [3.8, 4) is 0 Å². The van der Waals surface area contributed by atoms with Crippen LogP contribution in [0.2, 0.25) is 0 Å². The normalized spacial score (nSPS) is 19.1. The number of carbonyl (C=O) groups excluding carboxylic acids is 1. The van der Waals surface area contributed by atoms with E-state index >= 15 is 0 Å². The van der Waals surface area contributed by atoms with Gasteiger partial charge in [-0.2, -0.15) is 0 Å². The van der Waals surface area contributed by atoms with E-state index in [0.29, 0.717) is 0 Å². The summed E-state index contributed by atoms with van der Waals surface area (Å²) in [6.45, 7) is 3.29. The number of nitro benzene ring substituents is 1. The number of thioether (sulfide) groups is 2. The lowest BCUT2D eigenvalue weighted by atomic mass is 10.1. The summed E-state index contributed by atoms with van der Waals surface area (Å²) in [7, 11) is 0. The maximum absolute atomic E-state index is 12.5. The SMILES string of the molecule is CC1(C)OC(C(O)COC(=O)c2ccc([N+](=O)[O-])cc2)C(C(SCc2ccccc2)SCc2ccccc2)O1. The predicted octanol–water partition coefficient (Wildman–Crippen LogP) is 5.83. The summed E-state index contributed by atoms with van der Waals surface area (Å²) in [6.07, 6.45) is -2.35. The predicted molar refractivity (Wildman–Crippen MR) is 152 cm³/mol. The van der Waals surface area contributed by atoms with Crippen molar-refractivity contribution in [1.82, 2.24) is 0 Å². The molecule has 0 radical (unpaired) electrons. The Morgan fingerprint density at radius 2 is 1.44 bits per heavy atom. The first-order valence-electron chi connectivity index (χ1n) is 12.5. The van der Waals surface area contributed by atoms with E-state index in [-0.39, 0.29) is 22.4 Å². The molecule has 0 spiro atoms. The Hall–Kier alpha value is -2.89. The Balaban J connectivity index is 1.45.